The zero-order chi connectivity index (χ0) is 20.9. The first-order chi connectivity index (χ1) is 14.3. The van der Waals surface area contributed by atoms with Crippen LogP contribution in [0.1, 0.15) is 23.0 Å². The maximum atomic E-state index is 12.7. The number of halogens is 3. The van der Waals surface area contributed by atoms with E-state index in [1.54, 1.807) is 17.1 Å². The topological polar surface area (TPSA) is 85.8 Å². The lowest BCUT2D eigenvalue weighted by atomic mass is 10.0. The van der Waals surface area contributed by atoms with Gasteiger partial charge >= 0.3 is 12.1 Å². The molecule has 1 aliphatic rings. The molecule has 0 amide bonds. The Morgan fingerprint density at radius 1 is 1.13 bits per heavy atom. The zero-order valence-electron chi connectivity index (χ0n) is 15.9. The highest BCUT2D eigenvalue weighted by atomic mass is 19.4. The predicted molar refractivity (Wildman–Crippen MR) is 98.9 cm³/mol. The molecular formula is C19H16F3N7O. The molecule has 0 bridgehead atoms. The smallest absolute Gasteiger partial charge is 0.416 e. The lowest BCUT2D eigenvalue weighted by molar-refractivity contribution is -0.157. The normalized spacial score (nSPS) is 14.9. The van der Waals surface area contributed by atoms with E-state index in [-0.39, 0.29) is 12.4 Å². The summed E-state index contributed by atoms with van der Waals surface area (Å²) in [7, 11) is 1.85. The van der Waals surface area contributed by atoms with Crippen molar-refractivity contribution in [2.45, 2.75) is 25.7 Å². The third-order valence-electron chi connectivity index (χ3n) is 5.00. The van der Waals surface area contributed by atoms with Crippen LogP contribution in [0.4, 0.5) is 13.2 Å². The Balaban J connectivity index is 1.39. The molecule has 0 aliphatic carbocycles. The predicted octanol–water partition coefficient (Wildman–Crippen LogP) is 2.99. The summed E-state index contributed by atoms with van der Waals surface area (Å²) in [6.07, 6.45) is 1.49. The Morgan fingerprint density at radius 2 is 2.00 bits per heavy atom. The summed E-state index contributed by atoms with van der Waals surface area (Å²) in [4.78, 5) is 11.1. The van der Waals surface area contributed by atoms with Crippen molar-refractivity contribution in [1.29, 1.82) is 0 Å². The molecule has 0 spiro atoms. The SMILES string of the molecule is Cn1cc(-c2cnc3nc4c(cc3c2)CN(Cc2nnc(C(F)(F)F)o2)CC4)cn1. The summed E-state index contributed by atoms with van der Waals surface area (Å²) in [5, 5.41) is 11.7. The summed E-state index contributed by atoms with van der Waals surface area (Å²) in [5.41, 5.74) is 4.52. The van der Waals surface area contributed by atoms with Gasteiger partial charge in [-0.15, -0.1) is 10.2 Å². The maximum absolute atomic E-state index is 12.7. The van der Waals surface area contributed by atoms with Crippen molar-refractivity contribution in [3.05, 3.63) is 53.8 Å². The molecule has 8 nitrogen and oxygen atoms in total. The average Bonchev–Trinajstić information content (AvgIpc) is 3.35. The van der Waals surface area contributed by atoms with Gasteiger partial charge in [0.25, 0.3) is 0 Å². The molecule has 1 aliphatic heterocycles. The van der Waals surface area contributed by atoms with E-state index in [4.69, 9.17) is 4.42 Å². The quantitative estimate of drug-likeness (QED) is 0.508. The summed E-state index contributed by atoms with van der Waals surface area (Å²) >= 11 is 0. The van der Waals surface area contributed by atoms with E-state index in [1.807, 2.05) is 30.3 Å². The first-order valence-electron chi connectivity index (χ1n) is 9.25. The molecule has 5 heterocycles. The molecule has 5 rings (SSSR count). The van der Waals surface area contributed by atoms with E-state index in [9.17, 15) is 13.2 Å². The molecule has 154 valence electrons. The van der Waals surface area contributed by atoms with Crippen LogP contribution in [0.3, 0.4) is 0 Å². The number of pyridine rings is 2. The van der Waals surface area contributed by atoms with Crippen LogP contribution in [0.15, 0.2) is 35.1 Å². The fraction of sp³-hybridized carbons (Fsp3) is 0.316. The highest BCUT2D eigenvalue weighted by Gasteiger charge is 2.38. The third-order valence-corrected chi connectivity index (χ3v) is 5.00. The Bertz CT molecular complexity index is 1230. The molecule has 0 N–H and O–H groups in total. The van der Waals surface area contributed by atoms with Gasteiger partial charge in [-0.2, -0.15) is 18.3 Å². The Morgan fingerprint density at radius 3 is 2.73 bits per heavy atom. The molecule has 4 aromatic heterocycles. The fourth-order valence-electron chi connectivity index (χ4n) is 3.57. The van der Waals surface area contributed by atoms with Crippen molar-refractivity contribution < 1.29 is 17.6 Å². The van der Waals surface area contributed by atoms with Gasteiger partial charge in [0.1, 0.15) is 0 Å². The molecule has 0 atom stereocenters. The average molecular weight is 415 g/mol. The molecule has 0 fully saturated rings. The van der Waals surface area contributed by atoms with Crippen molar-refractivity contribution in [3.63, 3.8) is 0 Å². The number of nitrogens with zero attached hydrogens (tertiary/aromatic N) is 7. The van der Waals surface area contributed by atoms with Crippen molar-refractivity contribution >= 4 is 11.0 Å². The molecule has 11 heteroatoms. The van der Waals surface area contributed by atoms with Gasteiger partial charge in [0.05, 0.1) is 12.7 Å². The van der Waals surface area contributed by atoms with E-state index >= 15 is 0 Å². The lowest BCUT2D eigenvalue weighted by Gasteiger charge is -2.27. The number of hydrogen-bond acceptors (Lipinski definition) is 7. The van der Waals surface area contributed by atoms with Gasteiger partial charge in [0.15, 0.2) is 5.65 Å². The minimum atomic E-state index is -4.64. The van der Waals surface area contributed by atoms with Crippen LogP contribution in [-0.4, -0.2) is 41.4 Å². The van der Waals surface area contributed by atoms with Gasteiger partial charge in [-0.3, -0.25) is 9.58 Å². The highest BCUT2D eigenvalue weighted by Crippen LogP contribution is 2.29. The van der Waals surface area contributed by atoms with Crippen LogP contribution in [-0.2, 0) is 32.7 Å². The molecular weight excluding hydrogens is 399 g/mol. The van der Waals surface area contributed by atoms with Crippen LogP contribution >= 0.6 is 0 Å². The summed E-state index contributed by atoms with van der Waals surface area (Å²) in [6, 6.07) is 4.05. The van der Waals surface area contributed by atoms with E-state index in [1.165, 1.54) is 0 Å². The number of alkyl halides is 3. The standard InChI is InChI=1S/C19H16F3N7O/c1-28-8-14(7-24-28)12-4-11-5-13-9-29(3-2-15(13)25-17(11)23-6-12)10-16-26-27-18(30-16)19(20,21)22/h4-8H,2-3,9-10H2,1H3. The van der Waals surface area contributed by atoms with E-state index in [0.29, 0.717) is 25.2 Å². The summed E-state index contributed by atoms with van der Waals surface area (Å²) < 4.78 is 44.4. The molecule has 0 unspecified atom stereocenters. The van der Waals surface area contributed by atoms with Gasteiger partial charge in [-0.25, -0.2) is 9.97 Å². The van der Waals surface area contributed by atoms with Gasteiger partial charge in [0, 0.05) is 61.2 Å². The van der Waals surface area contributed by atoms with Crippen LogP contribution < -0.4 is 0 Å². The summed E-state index contributed by atoms with van der Waals surface area (Å²) in [5.74, 6) is -1.38. The molecule has 0 aromatic carbocycles. The third kappa shape index (κ3) is 3.52. The van der Waals surface area contributed by atoms with Crippen molar-refractivity contribution in [2.24, 2.45) is 7.05 Å². The number of hydrogen-bond donors (Lipinski definition) is 0. The first kappa shape index (κ1) is 18.7. The monoisotopic (exact) mass is 415 g/mol. The second-order valence-corrected chi connectivity index (χ2v) is 7.23. The fourth-order valence-corrected chi connectivity index (χ4v) is 3.57. The maximum Gasteiger partial charge on any atom is 0.470 e. The van der Waals surface area contributed by atoms with Gasteiger partial charge in [-0.1, -0.05) is 0 Å². The zero-order valence-corrected chi connectivity index (χ0v) is 15.9. The Hall–Kier alpha value is -3.34. The molecule has 4 aromatic rings. The minimum Gasteiger partial charge on any atom is -0.416 e. The minimum absolute atomic E-state index is 0.0555. The van der Waals surface area contributed by atoms with Crippen LogP contribution in [0.5, 0.6) is 0 Å². The second kappa shape index (κ2) is 6.87. The number of aromatic nitrogens is 6. The van der Waals surface area contributed by atoms with Gasteiger partial charge in [-0.05, 0) is 17.7 Å². The molecule has 0 saturated carbocycles. The highest BCUT2D eigenvalue weighted by molar-refractivity contribution is 5.81. The largest absolute Gasteiger partial charge is 0.470 e. The van der Waals surface area contributed by atoms with Crippen molar-refractivity contribution in [2.75, 3.05) is 6.54 Å². The molecule has 30 heavy (non-hydrogen) atoms. The van der Waals surface area contributed by atoms with Crippen molar-refractivity contribution in [3.8, 4) is 11.1 Å². The van der Waals surface area contributed by atoms with E-state index in [2.05, 4.69) is 25.3 Å². The van der Waals surface area contributed by atoms with Crippen molar-refractivity contribution in [1.82, 2.24) is 34.8 Å². The lowest BCUT2D eigenvalue weighted by Crippen LogP contribution is -2.30. The van der Waals surface area contributed by atoms with E-state index < -0.39 is 12.1 Å². The number of fused-ring (bicyclic) bond motifs is 2. The van der Waals surface area contributed by atoms with Gasteiger partial charge in [0.2, 0.25) is 5.89 Å². The van der Waals surface area contributed by atoms with Crippen LogP contribution in [0.25, 0.3) is 22.2 Å². The second-order valence-electron chi connectivity index (χ2n) is 7.23. The summed E-state index contributed by atoms with van der Waals surface area (Å²) in [6.45, 7) is 1.30. The van der Waals surface area contributed by atoms with Gasteiger partial charge < -0.3 is 4.42 Å². The van der Waals surface area contributed by atoms with Crippen LogP contribution in [0.2, 0.25) is 0 Å². The first-order valence-corrected chi connectivity index (χ1v) is 9.25. The van der Waals surface area contributed by atoms with E-state index in [0.717, 1.165) is 27.8 Å². The molecule has 0 saturated heterocycles. The molecule has 0 radical (unpaired) electrons. The van der Waals surface area contributed by atoms with Crippen LogP contribution in [0, 0.1) is 0 Å². The Labute approximate surface area is 168 Å². The number of aryl methyl sites for hydroxylation is 1. The number of rotatable bonds is 3. The Kier molecular flexibility index (Phi) is 4.28.